The molecule has 7 nitrogen and oxygen atoms in total. The van der Waals surface area contributed by atoms with E-state index in [0.717, 1.165) is 6.42 Å². The van der Waals surface area contributed by atoms with Gasteiger partial charge in [-0.3, -0.25) is 4.79 Å². The molecule has 2 rings (SSSR count). The van der Waals surface area contributed by atoms with Gasteiger partial charge >= 0.3 is 5.97 Å². The number of pyridine rings is 1. The molecule has 7 heteroatoms. The van der Waals surface area contributed by atoms with Crippen LogP contribution < -0.4 is 16.4 Å². The highest BCUT2D eigenvalue weighted by Crippen LogP contribution is 2.18. The minimum absolute atomic E-state index is 0.0513. The Bertz CT molecular complexity index is 504. The highest BCUT2D eigenvalue weighted by molar-refractivity contribution is 5.96. The van der Waals surface area contributed by atoms with E-state index < -0.39 is 5.97 Å². The average molecular weight is 264 g/mol. The molecule has 0 spiro atoms. The summed E-state index contributed by atoms with van der Waals surface area (Å²) in [6, 6.07) is 1.53. The number of carbonyl (C=O) groups is 2. The largest absolute Gasteiger partial charge is 0.465 e. The molecule has 1 fully saturated rings. The first-order valence-electron chi connectivity index (χ1n) is 5.97. The minimum Gasteiger partial charge on any atom is -0.465 e. The van der Waals surface area contributed by atoms with Crippen molar-refractivity contribution < 1.29 is 14.3 Å². The van der Waals surface area contributed by atoms with Crippen LogP contribution in [0, 0.1) is 0 Å². The summed E-state index contributed by atoms with van der Waals surface area (Å²) in [5.41, 5.74) is 6.43. The lowest BCUT2D eigenvalue weighted by molar-refractivity contribution is -0.119. The van der Waals surface area contributed by atoms with Crippen LogP contribution in [0.15, 0.2) is 12.3 Å². The molecule has 1 saturated heterocycles. The first-order valence-corrected chi connectivity index (χ1v) is 5.97. The molecule has 0 saturated carbocycles. The monoisotopic (exact) mass is 264 g/mol. The number of nitrogens with one attached hydrogen (secondary N) is 2. The Morgan fingerprint density at radius 1 is 1.68 bits per heavy atom. The maximum Gasteiger partial charge on any atom is 0.340 e. The van der Waals surface area contributed by atoms with Crippen LogP contribution in [-0.4, -0.2) is 36.6 Å². The van der Waals surface area contributed by atoms with Gasteiger partial charge in [-0.05, 0) is 12.5 Å². The summed E-state index contributed by atoms with van der Waals surface area (Å²) in [7, 11) is 1.31. The molecule has 0 aromatic carbocycles. The number of nitrogens with two attached hydrogens (primary N) is 1. The number of methoxy groups -OCH3 is 1. The van der Waals surface area contributed by atoms with Crippen molar-refractivity contribution >= 4 is 23.4 Å². The Labute approximate surface area is 110 Å². The maximum absolute atomic E-state index is 11.6. The predicted octanol–water partition coefficient (Wildman–Crippen LogP) is 0.141. The summed E-state index contributed by atoms with van der Waals surface area (Å²) in [5, 5.41) is 5.92. The summed E-state index contributed by atoms with van der Waals surface area (Å²) in [6.45, 7) is 0.529. The number of anilines is 2. The van der Waals surface area contributed by atoms with Crippen LogP contribution in [-0.2, 0) is 9.53 Å². The molecule has 1 unspecified atom stereocenters. The second kappa shape index (κ2) is 5.55. The summed E-state index contributed by atoms with van der Waals surface area (Å²) < 4.78 is 4.69. The molecule has 0 radical (unpaired) electrons. The highest BCUT2D eigenvalue weighted by Gasteiger charge is 2.21. The van der Waals surface area contributed by atoms with Crippen molar-refractivity contribution in [2.24, 2.45) is 0 Å². The van der Waals surface area contributed by atoms with Gasteiger partial charge in [-0.15, -0.1) is 0 Å². The third-order valence-electron chi connectivity index (χ3n) is 2.95. The van der Waals surface area contributed by atoms with E-state index in [-0.39, 0.29) is 17.8 Å². The molecule has 0 aliphatic carbocycles. The van der Waals surface area contributed by atoms with Gasteiger partial charge in [-0.2, -0.15) is 0 Å². The van der Waals surface area contributed by atoms with Gasteiger partial charge < -0.3 is 21.1 Å². The molecular formula is C12H16N4O3. The average Bonchev–Trinajstić information content (AvgIpc) is 2.82. The number of aromatic nitrogens is 1. The SMILES string of the molecule is COC(=O)c1cc(N)ncc1NCC1CCC(=O)N1. The number of hydrogen-bond donors (Lipinski definition) is 3. The van der Waals surface area contributed by atoms with Crippen LogP contribution >= 0.6 is 0 Å². The Morgan fingerprint density at radius 3 is 3.11 bits per heavy atom. The second-order valence-corrected chi connectivity index (χ2v) is 4.33. The molecule has 1 atom stereocenters. The zero-order valence-corrected chi connectivity index (χ0v) is 10.6. The zero-order valence-electron chi connectivity index (χ0n) is 10.6. The smallest absolute Gasteiger partial charge is 0.340 e. The lowest BCUT2D eigenvalue weighted by atomic mass is 10.2. The molecule has 4 N–H and O–H groups in total. The van der Waals surface area contributed by atoms with Gasteiger partial charge in [0.1, 0.15) is 5.82 Å². The summed E-state index contributed by atoms with van der Waals surface area (Å²) in [6.07, 6.45) is 2.80. The van der Waals surface area contributed by atoms with Crippen molar-refractivity contribution in [2.75, 3.05) is 24.7 Å². The van der Waals surface area contributed by atoms with Crippen molar-refractivity contribution in [2.45, 2.75) is 18.9 Å². The van der Waals surface area contributed by atoms with Crippen molar-refractivity contribution in [1.29, 1.82) is 0 Å². The van der Waals surface area contributed by atoms with E-state index in [1.54, 1.807) is 0 Å². The normalized spacial score (nSPS) is 17.9. The third kappa shape index (κ3) is 3.12. The van der Waals surface area contributed by atoms with E-state index in [2.05, 4.69) is 20.4 Å². The fourth-order valence-electron chi connectivity index (χ4n) is 1.95. The molecule has 1 aromatic rings. The first kappa shape index (κ1) is 13.1. The molecule has 2 heterocycles. The fraction of sp³-hybridized carbons (Fsp3) is 0.417. The number of nitrogens with zero attached hydrogens (tertiary/aromatic N) is 1. The van der Waals surface area contributed by atoms with Gasteiger partial charge in [0.15, 0.2) is 0 Å². The van der Waals surface area contributed by atoms with E-state index in [0.29, 0.717) is 24.2 Å². The van der Waals surface area contributed by atoms with E-state index >= 15 is 0 Å². The Morgan fingerprint density at radius 2 is 2.47 bits per heavy atom. The van der Waals surface area contributed by atoms with Crippen LogP contribution in [0.2, 0.25) is 0 Å². The number of ether oxygens (including phenoxy) is 1. The van der Waals surface area contributed by atoms with Crippen molar-refractivity contribution in [3.63, 3.8) is 0 Å². The van der Waals surface area contributed by atoms with Crippen LogP contribution in [0.4, 0.5) is 11.5 Å². The van der Waals surface area contributed by atoms with E-state index in [4.69, 9.17) is 5.73 Å². The molecule has 1 aliphatic heterocycles. The fourth-order valence-corrected chi connectivity index (χ4v) is 1.95. The summed E-state index contributed by atoms with van der Waals surface area (Å²) in [5.74, 6) is -0.178. The number of nitrogen functional groups attached to an aromatic ring is 1. The van der Waals surface area contributed by atoms with Gasteiger partial charge in [0.05, 0.1) is 24.6 Å². The second-order valence-electron chi connectivity index (χ2n) is 4.33. The number of amides is 1. The Hall–Kier alpha value is -2.31. The predicted molar refractivity (Wildman–Crippen MR) is 69.6 cm³/mol. The highest BCUT2D eigenvalue weighted by atomic mass is 16.5. The number of carbonyl (C=O) groups excluding carboxylic acids is 2. The molecule has 0 bridgehead atoms. The topological polar surface area (TPSA) is 106 Å². The standard InChI is InChI=1S/C12H16N4O3/c1-19-12(18)8-4-10(13)15-6-9(8)14-5-7-2-3-11(17)16-7/h4,6-7,14H,2-3,5H2,1H3,(H2,13,15)(H,16,17). The molecule has 1 aromatic heterocycles. The lowest BCUT2D eigenvalue weighted by Gasteiger charge is -2.14. The van der Waals surface area contributed by atoms with Gasteiger partial charge in [0.2, 0.25) is 5.91 Å². The third-order valence-corrected chi connectivity index (χ3v) is 2.95. The van der Waals surface area contributed by atoms with Gasteiger partial charge in [0.25, 0.3) is 0 Å². The Balaban J connectivity index is 2.07. The summed E-state index contributed by atoms with van der Waals surface area (Å²) in [4.78, 5) is 26.6. The molecule has 19 heavy (non-hydrogen) atoms. The van der Waals surface area contributed by atoms with Gasteiger partial charge in [-0.1, -0.05) is 0 Å². The maximum atomic E-state index is 11.6. The van der Waals surface area contributed by atoms with Crippen molar-refractivity contribution in [1.82, 2.24) is 10.3 Å². The van der Waals surface area contributed by atoms with Gasteiger partial charge in [0, 0.05) is 19.0 Å². The Kier molecular flexibility index (Phi) is 3.84. The van der Waals surface area contributed by atoms with E-state index in [1.165, 1.54) is 19.4 Å². The van der Waals surface area contributed by atoms with Crippen LogP contribution in [0.25, 0.3) is 0 Å². The van der Waals surface area contributed by atoms with Crippen LogP contribution in [0.1, 0.15) is 23.2 Å². The van der Waals surface area contributed by atoms with Crippen LogP contribution in [0.3, 0.4) is 0 Å². The zero-order chi connectivity index (χ0) is 13.8. The van der Waals surface area contributed by atoms with Crippen LogP contribution in [0.5, 0.6) is 0 Å². The lowest BCUT2D eigenvalue weighted by Crippen LogP contribution is -2.32. The molecule has 102 valence electrons. The number of esters is 1. The minimum atomic E-state index is -0.480. The molecular weight excluding hydrogens is 248 g/mol. The van der Waals surface area contributed by atoms with E-state index in [1.807, 2.05) is 0 Å². The van der Waals surface area contributed by atoms with Crippen molar-refractivity contribution in [3.05, 3.63) is 17.8 Å². The molecule has 1 aliphatic rings. The van der Waals surface area contributed by atoms with Crippen molar-refractivity contribution in [3.8, 4) is 0 Å². The summed E-state index contributed by atoms with van der Waals surface area (Å²) >= 11 is 0. The first-order chi connectivity index (χ1) is 9.10. The van der Waals surface area contributed by atoms with Gasteiger partial charge in [-0.25, -0.2) is 9.78 Å². The number of hydrogen-bond acceptors (Lipinski definition) is 6. The molecule has 1 amide bonds. The quantitative estimate of drug-likeness (QED) is 0.668. The van der Waals surface area contributed by atoms with E-state index in [9.17, 15) is 9.59 Å². The number of rotatable bonds is 4.